The summed E-state index contributed by atoms with van der Waals surface area (Å²) in [7, 11) is 1.79. The molecule has 0 bridgehead atoms. The van der Waals surface area contributed by atoms with E-state index in [0.717, 1.165) is 0 Å². The van der Waals surface area contributed by atoms with E-state index in [1.54, 1.807) is 7.05 Å². The van der Waals surface area contributed by atoms with Gasteiger partial charge in [-0.3, -0.25) is 0 Å². The molecule has 0 aliphatic rings. The van der Waals surface area contributed by atoms with Crippen LogP contribution in [0.3, 0.4) is 0 Å². The first-order chi connectivity index (χ1) is 2.77. The summed E-state index contributed by atoms with van der Waals surface area (Å²) in [6, 6.07) is 0. The lowest BCUT2D eigenvalue weighted by molar-refractivity contribution is 0.905. The predicted octanol–water partition coefficient (Wildman–Crippen LogP) is 1.34. The molecular formula is C5H11N. The molecule has 1 nitrogen and oxygen atoms in total. The Morgan fingerprint density at radius 2 is 2.00 bits per heavy atom. The molecule has 0 saturated heterocycles. The molecule has 0 saturated carbocycles. The van der Waals surface area contributed by atoms with Crippen molar-refractivity contribution in [2.75, 3.05) is 7.05 Å². The number of rotatable bonds is 1. The molecule has 36 valence electrons. The Morgan fingerprint density at radius 1 is 1.50 bits per heavy atom. The summed E-state index contributed by atoms with van der Waals surface area (Å²) >= 11 is 0. The quantitative estimate of drug-likeness (QED) is 0.426. The standard InChI is InChI=1S/C5H11N/c1-5(2)4-6-3/h4-5H,1-3H3. The zero-order chi connectivity index (χ0) is 4.99. The van der Waals surface area contributed by atoms with Gasteiger partial charge in [-0.2, -0.15) is 0 Å². The van der Waals surface area contributed by atoms with Crippen LogP contribution in [-0.4, -0.2) is 13.3 Å². The number of hydrogen-bond donors (Lipinski definition) is 0. The Kier molecular flexibility index (Phi) is 2.73. The smallest absolute Gasteiger partial charge is 0.0273 e. The molecule has 0 aromatic carbocycles. The SMILES string of the molecule is CN=CC(C)C. The second kappa shape index (κ2) is 2.88. The highest BCUT2D eigenvalue weighted by Gasteiger charge is 1.78. The highest BCUT2D eigenvalue weighted by atomic mass is 14.6. The molecule has 6 heavy (non-hydrogen) atoms. The summed E-state index contributed by atoms with van der Waals surface area (Å²) in [4.78, 5) is 3.81. The molecule has 0 aromatic rings. The molecule has 0 aliphatic heterocycles. The van der Waals surface area contributed by atoms with Gasteiger partial charge in [0.15, 0.2) is 0 Å². The zero-order valence-corrected chi connectivity index (χ0v) is 4.60. The van der Waals surface area contributed by atoms with Crippen LogP contribution in [0.4, 0.5) is 0 Å². The van der Waals surface area contributed by atoms with E-state index in [1.807, 2.05) is 6.21 Å². The molecule has 0 rings (SSSR count). The largest absolute Gasteiger partial charge is 0.301 e. The molecule has 1 heteroatoms. The van der Waals surface area contributed by atoms with E-state index >= 15 is 0 Å². The van der Waals surface area contributed by atoms with Gasteiger partial charge in [-0.15, -0.1) is 0 Å². The van der Waals surface area contributed by atoms with Crippen LogP contribution in [0, 0.1) is 5.92 Å². The van der Waals surface area contributed by atoms with Crippen LogP contribution < -0.4 is 0 Å². The van der Waals surface area contributed by atoms with E-state index < -0.39 is 0 Å². The summed E-state index contributed by atoms with van der Waals surface area (Å²) in [5.41, 5.74) is 0. The monoisotopic (exact) mass is 85.1 g/mol. The summed E-state index contributed by atoms with van der Waals surface area (Å²) in [5.74, 6) is 0.606. The predicted molar refractivity (Wildman–Crippen MR) is 29.3 cm³/mol. The molecule has 0 aromatic heterocycles. The van der Waals surface area contributed by atoms with Crippen molar-refractivity contribution in [3.8, 4) is 0 Å². The zero-order valence-electron chi connectivity index (χ0n) is 4.60. The third-order valence-electron chi connectivity index (χ3n) is 0.447. The first kappa shape index (κ1) is 5.67. The van der Waals surface area contributed by atoms with Crippen LogP contribution >= 0.6 is 0 Å². The van der Waals surface area contributed by atoms with Crippen LogP contribution in [0.15, 0.2) is 4.99 Å². The summed E-state index contributed by atoms with van der Waals surface area (Å²) in [6.45, 7) is 4.21. The molecule has 0 spiro atoms. The van der Waals surface area contributed by atoms with E-state index in [-0.39, 0.29) is 0 Å². The van der Waals surface area contributed by atoms with Gasteiger partial charge in [0, 0.05) is 13.3 Å². The summed E-state index contributed by atoms with van der Waals surface area (Å²) < 4.78 is 0. The maximum absolute atomic E-state index is 3.81. The normalized spacial score (nSPS) is 11.3. The highest BCUT2D eigenvalue weighted by Crippen LogP contribution is 1.81. The average Bonchev–Trinajstić information content (AvgIpc) is 1.35. The molecule has 0 aliphatic carbocycles. The van der Waals surface area contributed by atoms with Crippen LogP contribution in [0.2, 0.25) is 0 Å². The van der Waals surface area contributed by atoms with Gasteiger partial charge in [0.25, 0.3) is 0 Å². The van der Waals surface area contributed by atoms with E-state index in [4.69, 9.17) is 0 Å². The average molecular weight is 85.2 g/mol. The molecule has 0 fully saturated rings. The van der Waals surface area contributed by atoms with Gasteiger partial charge in [-0.05, 0) is 5.92 Å². The van der Waals surface area contributed by atoms with Crippen molar-refractivity contribution < 1.29 is 0 Å². The summed E-state index contributed by atoms with van der Waals surface area (Å²) in [6.07, 6.45) is 1.92. The second-order valence-corrected chi connectivity index (χ2v) is 1.65. The van der Waals surface area contributed by atoms with Crippen molar-refractivity contribution in [1.82, 2.24) is 0 Å². The minimum atomic E-state index is 0.606. The molecule has 0 amide bonds. The Balaban J connectivity index is 3.03. The second-order valence-electron chi connectivity index (χ2n) is 1.65. The van der Waals surface area contributed by atoms with Crippen molar-refractivity contribution >= 4 is 6.21 Å². The van der Waals surface area contributed by atoms with Crippen LogP contribution in [0.1, 0.15) is 13.8 Å². The fourth-order valence-corrected chi connectivity index (χ4v) is 0.298. The molecular weight excluding hydrogens is 74.1 g/mol. The number of nitrogens with zero attached hydrogens (tertiary/aromatic N) is 1. The van der Waals surface area contributed by atoms with Gasteiger partial charge in [0.1, 0.15) is 0 Å². The van der Waals surface area contributed by atoms with Crippen molar-refractivity contribution in [3.05, 3.63) is 0 Å². The third kappa shape index (κ3) is 3.67. The molecule has 0 radical (unpaired) electrons. The molecule has 0 heterocycles. The van der Waals surface area contributed by atoms with Crippen molar-refractivity contribution in [2.45, 2.75) is 13.8 Å². The Morgan fingerprint density at radius 3 is 2.00 bits per heavy atom. The number of aliphatic imine (C=N–C) groups is 1. The van der Waals surface area contributed by atoms with Crippen molar-refractivity contribution in [3.63, 3.8) is 0 Å². The fraction of sp³-hybridized carbons (Fsp3) is 0.800. The first-order valence-corrected chi connectivity index (χ1v) is 2.19. The van der Waals surface area contributed by atoms with Crippen LogP contribution in [-0.2, 0) is 0 Å². The Hall–Kier alpha value is -0.330. The van der Waals surface area contributed by atoms with Gasteiger partial charge in [0.05, 0.1) is 0 Å². The molecule has 0 atom stereocenters. The van der Waals surface area contributed by atoms with Crippen LogP contribution in [0.25, 0.3) is 0 Å². The maximum Gasteiger partial charge on any atom is 0.0273 e. The maximum atomic E-state index is 3.81. The van der Waals surface area contributed by atoms with Gasteiger partial charge in [-0.25, -0.2) is 0 Å². The Bertz CT molecular complexity index is 45.9. The molecule has 0 N–H and O–H groups in total. The lowest BCUT2D eigenvalue weighted by Gasteiger charge is -1.85. The lowest BCUT2D eigenvalue weighted by Crippen LogP contribution is -1.84. The van der Waals surface area contributed by atoms with Crippen molar-refractivity contribution in [1.29, 1.82) is 0 Å². The van der Waals surface area contributed by atoms with E-state index in [1.165, 1.54) is 0 Å². The van der Waals surface area contributed by atoms with Gasteiger partial charge >= 0.3 is 0 Å². The van der Waals surface area contributed by atoms with E-state index in [0.29, 0.717) is 5.92 Å². The lowest BCUT2D eigenvalue weighted by atomic mass is 10.3. The van der Waals surface area contributed by atoms with E-state index in [2.05, 4.69) is 18.8 Å². The topological polar surface area (TPSA) is 12.4 Å². The van der Waals surface area contributed by atoms with Crippen molar-refractivity contribution in [2.24, 2.45) is 10.9 Å². The third-order valence-corrected chi connectivity index (χ3v) is 0.447. The van der Waals surface area contributed by atoms with Crippen LogP contribution in [0.5, 0.6) is 0 Å². The highest BCUT2D eigenvalue weighted by molar-refractivity contribution is 5.59. The fourth-order valence-electron chi connectivity index (χ4n) is 0.298. The van der Waals surface area contributed by atoms with E-state index in [9.17, 15) is 0 Å². The number of hydrogen-bond acceptors (Lipinski definition) is 1. The minimum absolute atomic E-state index is 0.606. The van der Waals surface area contributed by atoms with Gasteiger partial charge in [-0.1, -0.05) is 13.8 Å². The van der Waals surface area contributed by atoms with Gasteiger partial charge < -0.3 is 4.99 Å². The molecule has 0 unspecified atom stereocenters. The Labute approximate surface area is 39.1 Å². The van der Waals surface area contributed by atoms with Gasteiger partial charge in [0.2, 0.25) is 0 Å². The minimum Gasteiger partial charge on any atom is -0.301 e. The summed E-state index contributed by atoms with van der Waals surface area (Å²) in [5, 5.41) is 0. The first-order valence-electron chi connectivity index (χ1n) is 2.19.